The average molecular weight is 852 g/mol. The number of hydrogen-bond donors (Lipinski definition) is 0. The summed E-state index contributed by atoms with van der Waals surface area (Å²) in [7, 11) is 0. The van der Waals surface area contributed by atoms with Crippen molar-refractivity contribution < 1.29 is 0 Å². The molecule has 318 valence electrons. The zero-order valence-corrected chi connectivity index (χ0v) is 39.8. The minimum absolute atomic E-state index is 0.0117. The molecule has 1 fully saturated rings. The van der Waals surface area contributed by atoms with Gasteiger partial charge in [-0.25, -0.2) is 0 Å². The van der Waals surface area contributed by atoms with Crippen molar-refractivity contribution in [2.45, 2.75) is 110 Å². The number of para-hydroxylation sites is 2. The zero-order valence-electron chi connectivity index (χ0n) is 38.9. The van der Waals surface area contributed by atoms with Gasteiger partial charge in [0.15, 0.2) is 0 Å². The van der Waals surface area contributed by atoms with Gasteiger partial charge in [-0.05, 0) is 131 Å². The Kier molecular flexibility index (Phi) is 8.47. The maximum atomic E-state index is 2.90. The fourth-order valence-electron chi connectivity index (χ4n) is 12.4. The Hall–Kier alpha value is -5.78. The van der Waals surface area contributed by atoms with Crippen molar-refractivity contribution in [2.75, 3.05) is 14.7 Å². The SMILES string of the molecule is Cc1cc(C(C)(C)C)ccc1N1c2cc(N(c3ccccc3)c3ccccc3)cc3c2B(c2cc(C(C)(C)C)cc4c2N3C2(C)CCCCC42C)c2ccc3sc4ccccc4c3c21. The molecule has 1 aromatic heterocycles. The lowest BCUT2D eigenvalue weighted by Crippen LogP contribution is -2.64. The van der Waals surface area contributed by atoms with Gasteiger partial charge in [0, 0.05) is 59.7 Å². The Morgan fingerprint density at radius 2 is 1.23 bits per heavy atom. The first-order valence-electron chi connectivity index (χ1n) is 23.6. The number of fused-ring (bicyclic) bond motifs is 11. The lowest BCUT2D eigenvalue weighted by molar-refractivity contribution is 0.195. The van der Waals surface area contributed by atoms with Crippen molar-refractivity contribution in [3.63, 3.8) is 0 Å². The van der Waals surface area contributed by atoms with Crippen LogP contribution in [0.15, 0.2) is 140 Å². The standard InChI is InChI=1S/C59H58BN3S/c1-37-32-38(56(2,3)4)26-28-47(37)62-48-35-42(61(40-20-12-10-13-21-40)41-22-14-11-15-23-41)36-49-53(48)60(45-27-29-51-52(55(45)62)43-24-16-17-25-50(43)64-51)46-34-39(57(5,6)7)33-44-54(46)63(49)59(9)31-19-18-30-58(44,59)8/h10-17,20-29,32-36H,18-19,30-31H2,1-9H3. The number of hydrogen-bond acceptors (Lipinski definition) is 4. The molecule has 8 aromatic rings. The molecule has 1 saturated carbocycles. The molecule has 0 spiro atoms. The third-order valence-corrected chi connectivity index (χ3v) is 17.1. The monoisotopic (exact) mass is 851 g/mol. The van der Waals surface area contributed by atoms with Crippen LogP contribution in [0, 0.1) is 6.92 Å². The molecule has 0 bridgehead atoms. The van der Waals surface area contributed by atoms with Crippen molar-refractivity contribution in [3.05, 3.63) is 162 Å². The van der Waals surface area contributed by atoms with Gasteiger partial charge in [-0.1, -0.05) is 146 Å². The first kappa shape index (κ1) is 39.8. The van der Waals surface area contributed by atoms with Crippen molar-refractivity contribution >= 4 is 100 Å². The van der Waals surface area contributed by atoms with Crippen LogP contribution in [0.1, 0.15) is 103 Å². The molecule has 4 heterocycles. The van der Waals surface area contributed by atoms with E-state index in [-0.39, 0.29) is 28.5 Å². The fourth-order valence-corrected chi connectivity index (χ4v) is 13.5. The van der Waals surface area contributed by atoms with E-state index in [1.165, 1.54) is 107 Å². The van der Waals surface area contributed by atoms with Crippen LogP contribution in [-0.4, -0.2) is 12.3 Å². The van der Waals surface area contributed by atoms with Crippen LogP contribution in [0.4, 0.5) is 45.5 Å². The van der Waals surface area contributed by atoms with Crippen LogP contribution in [0.5, 0.6) is 0 Å². The third kappa shape index (κ3) is 5.46. The first-order chi connectivity index (χ1) is 30.7. The molecular formula is C59H58BN3S. The minimum atomic E-state index is -0.108. The van der Waals surface area contributed by atoms with Crippen molar-refractivity contribution in [1.82, 2.24) is 0 Å². The Bertz CT molecular complexity index is 3170. The number of thiophene rings is 1. The van der Waals surface area contributed by atoms with Crippen molar-refractivity contribution in [3.8, 4) is 0 Å². The van der Waals surface area contributed by atoms with Gasteiger partial charge in [0.1, 0.15) is 0 Å². The van der Waals surface area contributed by atoms with E-state index in [9.17, 15) is 0 Å². The Morgan fingerprint density at radius 3 is 1.92 bits per heavy atom. The van der Waals surface area contributed by atoms with Gasteiger partial charge >= 0.3 is 0 Å². The van der Waals surface area contributed by atoms with Crippen LogP contribution < -0.4 is 31.1 Å². The van der Waals surface area contributed by atoms with Gasteiger partial charge in [0.25, 0.3) is 6.71 Å². The van der Waals surface area contributed by atoms with Crippen molar-refractivity contribution in [1.29, 1.82) is 0 Å². The summed E-state index contributed by atoms with van der Waals surface area (Å²) in [5.41, 5.74) is 20.0. The number of anilines is 8. The summed E-state index contributed by atoms with van der Waals surface area (Å²) >= 11 is 1.93. The van der Waals surface area contributed by atoms with E-state index < -0.39 is 0 Å². The Labute approximate surface area is 384 Å². The predicted molar refractivity (Wildman–Crippen MR) is 278 cm³/mol. The highest BCUT2D eigenvalue weighted by Gasteiger charge is 2.61. The van der Waals surface area contributed by atoms with Gasteiger partial charge in [-0.2, -0.15) is 0 Å². The molecule has 7 aromatic carbocycles. The second-order valence-corrected chi connectivity index (χ2v) is 22.8. The summed E-state index contributed by atoms with van der Waals surface area (Å²) in [5, 5.41) is 2.69. The highest BCUT2D eigenvalue weighted by Crippen LogP contribution is 2.63. The molecule has 2 atom stereocenters. The topological polar surface area (TPSA) is 9.72 Å². The quantitative estimate of drug-likeness (QED) is 0.163. The van der Waals surface area contributed by atoms with Gasteiger partial charge in [0.05, 0.1) is 16.9 Å². The number of benzene rings is 7. The molecule has 4 aliphatic rings. The average Bonchev–Trinajstić information content (AvgIpc) is 3.76. The number of nitrogens with zero attached hydrogens (tertiary/aromatic N) is 3. The molecule has 3 aliphatic heterocycles. The second kappa shape index (κ2) is 13.6. The fraction of sp³-hybridized carbons (Fsp3) is 0.288. The number of aryl methyl sites for hydroxylation is 1. The van der Waals surface area contributed by atoms with Crippen LogP contribution in [0.25, 0.3) is 20.2 Å². The normalized spacial score (nSPS) is 19.7. The highest BCUT2D eigenvalue weighted by atomic mass is 32.1. The molecule has 0 amide bonds. The van der Waals surface area contributed by atoms with Gasteiger partial charge < -0.3 is 14.7 Å². The van der Waals surface area contributed by atoms with E-state index in [2.05, 4.69) is 217 Å². The predicted octanol–water partition coefficient (Wildman–Crippen LogP) is 14.8. The van der Waals surface area contributed by atoms with E-state index in [0.717, 1.165) is 17.8 Å². The van der Waals surface area contributed by atoms with E-state index in [1.807, 2.05) is 11.3 Å². The minimum Gasteiger partial charge on any atom is -0.335 e. The molecule has 64 heavy (non-hydrogen) atoms. The lowest BCUT2D eigenvalue weighted by atomic mass is 9.33. The summed E-state index contributed by atoms with van der Waals surface area (Å²) in [4.78, 5) is 8.10. The molecular weight excluding hydrogens is 794 g/mol. The number of rotatable bonds is 4. The molecule has 0 saturated heterocycles. The van der Waals surface area contributed by atoms with Crippen LogP contribution in [-0.2, 0) is 16.2 Å². The van der Waals surface area contributed by atoms with E-state index in [4.69, 9.17) is 0 Å². The molecule has 1 aliphatic carbocycles. The molecule has 5 heteroatoms. The summed E-state index contributed by atoms with van der Waals surface area (Å²) in [6.45, 7) is 21.8. The van der Waals surface area contributed by atoms with Crippen LogP contribution in [0.2, 0.25) is 0 Å². The van der Waals surface area contributed by atoms with Crippen molar-refractivity contribution in [2.24, 2.45) is 0 Å². The summed E-state index contributed by atoms with van der Waals surface area (Å²) in [5.74, 6) is 0. The maximum Gasteiger partial charge on any atom is 0.252 e. The second-order valence-electron chi connectivity index (χ2n) is 21.8. The van der Waals surface area contributed by atoms with Crippen LogP contribution >= 0.6 is 11.3 Å². The van der Waals surface area contributed by atoms with E-state index in [0.29, 0.717) is 0 Å². The zero-order chi connectivity index (χ0) is 44.1. The third-order valence-electron chi connectivity index (χ3n) is 16.0. The maximum absolute atomic E-state index is 2.90. The van der Waals surface area contributed by atoms with Gasteiger partial charge in [-0.3, -0.25) is 0 Å². The molecule has 0 radical (unpaired) electrons. The van der Waals surface area contributed by atoms with Gasteiger partial charge in [0.2, 0.25) is 0 Å². The van der Waals surface area contributed by atoms with Gasteiger partial charge in [-0.15, -0.1) is 11.3 Å². The molecule has 0 N–H and O–H groups in total. The highest BCUT2D eigenvalue weighted by molar-refractivity contribution is 7.26. The molecule has 3 nitrogen and oxygen atoms in total. The summed E-state index contributed by atoms with van der Waals surface area (Å²) in [6, 6.07) is 53.8. The molecule has 12 rings (SSSR count). The Morgan fingerprint density at radius 1 is 0.578 bits per heavy atom. The largest absolute Gasteiger partial charge is 0.335 e. The summed E-state index contributed by atoms with van der Waals surface area (Å²) in [6.07, 6.45) is 4.84. The van der Waals surface area contributed by atoms with Crippen LogP contribution in [0.3, 0.4) is 0 Å². The smallest absolute Gasteiger partial charge is 0.252 e. The summed E-state index contributed by atoms with van der Waals surface area (Å²) < 4.78 is 2.67. The lowest BCUT2D eigenvalue weighted by Gasteiger charge is -2.53. The Balaban J connectivity index is 1.27. The molecule has 2 unspecified atom stereocenters. The first-order valence-corrected chi connectivity index (χ1v) is 24.4. The van der Waals surface area contributed by atoms with E-state index in [1.54, 1.807) is 5.56 Å². The van der Waals surface area contributed by atoms with E-state index >= 15 is 0 Å².